The molecule has 0 spiro atoms. The van der Waals surface area contributed by atoms with Crippen molar-refractivity contribution >= 4 is 28.5 Å². The van der Waals surface area contributed by atoms with E-state index in [1.54, 1.807) is 42.5 Å². The van der Waals surface area contributed by atoms with Gasteiger partial charge in [0.05, 0.1) is 23.7 Å². The van der Waals surface area contributed by atoms with E-state index in [0.717, 1.165) is 0 Å². The highest BCUT2D eigenvalue weighted by Crippen LogP contribution is 2.16. The van der Waals surface area contributed by atoms with E-state index in [1.807, 2.05) is 6.07 Å². The lowest BCUT2D eigenvalue weighted by Crippen LogP contribution is -2.23. The van der Waals surface area contributed by atoms with Crippen molar-refractivity contribution in [3.63, 3.8) is 0 Å². The summed E-state index contributed by atoms with van der Waals surface area (Å²) < 4.78 is 6.59. The lowest BCUT2D eigenvalue weighted by Gasteiger charge is -2.07. The van der Waals surface area contributed by atoms with Crippen molar-refractivity contribution in [2.45, 2.75) is 13.0 Å². The van der Waals surface area contributed by atoms with Gasteiger partial charge in [0.1, 0.15) is 5.75 Å². The summed E-state index contributed by atoms with van der Waals surface area (Å²) in [5.41, 5.74) is 0.465. The predicted octanol–water partition coefficient (Wildman–Crippen LogP) is 3.05. The van der Waals surface area contributed by atoms with Gasteiger partial charge in [-0.15, -0.1) is 0 Å². The standard InChI is InChI=1S/C17H13ClN2O3/c18-12-5-7-13(8-6-12)23-16(21)9-10-20-11-19-15-4-2-1-3-14(15)17(20)22/h1-8,11H,9-10H2. The van der Waals surface area contributed by atoms with Gasteiger partial charge in [0, 0.05) is 11.6 Å². The van der Waals surface area contributed by atoms with E-state index in [9.17, 15) is 9.59 Å². The second kappa shape index (κ2) is 6.62. The molecule has 0 aliphatic carbocycles. The van der Waals surface area contributed by atoms with Crippen molar-refractivity contribution in [1.82, 2.24) is 9.55 Å². The van der Waals surface area contributed by atoms with Crippen LogP contribution in [0.5, 0.6) is 5.75 Å². The molecule has 5 nitrogen and oxygen atoms in total. The monoisotopic (exact) mass is 328 g/mol. The summed E-state index contributed by atoms with van der Waals surface area (Å²) in [6.07, 6.45) is 1.52. The molecule has 0 fully saturated rings. The van der Waals surface area contributed by atoms with Gasteiger partial charge in [0.15, 0.2) is 0 Å². The van der Waals surface area contributed by atoms with Crippen LogP contribution >= 0.6 is 11.6 Å². The van der Waals surface area contributed by atoms with Crippen LogP contribution in [0, 0.1) is 0 Å². The minimum atomic E-state index is -0.424. The Morgan fingerprint density at radius 1 is 1.13 bits per heavy atom. The highest BCUT2D eigenvalue weighted by molar-refractivity contribution is 6.30. The van der Waals surface area contributed by atoms with Crippen LogP contribution < -0.4 is 10.3 Å². The van der Waals surface area contributed by atoms with Gasteiger partial charge in [-0.1, -0.05) is 23.7 Å². The number of carbonyl (C=O) groups excluding carboxylic acids is 1. The van der Waals surface area contributed by atoms with Gasteiger partial charge >= 0.3 is 5.97 Å². The third-order valence-corrected chi connectivity index (χ3v) is 3.59. The zero-order valence-corrected chi connectivity index (χ0v) is 12.9. The Hall–Kier alpha value is -2.66. The third-order valence-electron chi connectivity index (χ3n) is 3.33. The number of hydrogen-bond acceptors (Lipinski definition) is 4. The normalized spacial score (nSPS) is 10.7. The highest BCUT2D eigenvalue weighted by Gasteiger charge is 2.08. The smallest absolute Gasteiger partial charge is 0.312 e. The number of rotatable bonds is 4. The Bertz CT molecular complexity index is 904. The quantitative estimate of drug-likeness (QED) is 0.545. The number of aryl methyl sites for hydroxylation is 1. The number of halogens is 1. The first kappa shape index (κ1) is 15.2. The van der Waals surface area contributed by atoms with Crippen LogP contribution in [0.4, 0.5) is 0 Å². The van der Waals surface area contributed by atoms with Crippen molar-refractivity contribution in [3.05, 3.63) is 70.2 Å². The Morgan fingerprint density at radius 2 is 1.87 bits per heavy atom. The summed E-state index contributed by atoms with van der Waals surface area (Å²) in [5, 5.41) is 1.10. The molecule has 0 radical (unpaired) electrons. The van der Waals surface area contributed by atoms with E-state index in [0.29, 0.717) is 21.7 Å². The average molecular weight is 329 g/mol. The van der Waals surface area contributed by atoms with Gasteiger partial charge in [0.25, 0.3) is 5.56 Å². The molecule has 6 heteroatoms. The molecule has 0 amide bonds. The van der Waals surface area contributed by atoms with Crippen molar-refractivity contribution in [2.75, 3.05) is 0 Å². The molecule has 0 aliphatic rings. The molecule has 3 aromatic rings. The molecule has 0 aliphatic heterocycles. The zero-order valence-electron chi connectivity index (χ0n) is 12.1. The summed E-state index contributed by atoms with van der Waals surface area (Å²) in [6.45, 7) is 0.211. The van der Waals surface area contributed by atoms with Crippen LogP contribution in [0.2, 0.25) is 5.02 Å². The van der Waals surface area contributed by atoms with E-state index in [2.05, 4.69) is 4.98 Å². The second-order valence-electron chi connectivity index (χ2n) is 4.94. The van der Waals surface area contributed by atoms with Crippen molar-refractivity contribution in [1.29, 1.82) is 0 Å². The van der Waals surface area contributed by atoms with Gasteiger partial charge < -0.3 is 4.74 Å². The summed E-state index contributed by atoms with van der Waals surface area (Å²) in [6, 6.07) is 13.6. The predicted molar refractivity (Wildman–Crippen MR) is 87.7 cm³/mol. The maximum atomic E-state index is 12.3. The molecular weight excluding hydrogens is 316 g/mol. The number of ether oxygens (including phenoxy) is 1. The van der Waals surface area contributed by atoms with Gasteiger partial charge in [-0.3, -0.25) is 14.2 Å². The molecule has 0 saturated heterocycles. The lowest BCUT2D eigenvalue weighted by molar-refractivity contribution is -0.134. The Kier molecular flexibility index (Phi) is 4.39. The summed E-state index contributed by atoms with van der Waals surface area (Å²) in [4.78, 5) is 28.4. The summed E-state index contributed by atoms with van der Waals surface area (Å²) in [5.74, 6) is -0.00392. The molecule has 2 aromatic carbocycles. The number of esters is 1. The SMILES string of the molecule is O=C(CCn1cnc2ccccc2c1=O)Oc1ccc(Cl)cc1. The average Bonchev–Trinajstić information content (AvgIpc) is 2.57. The Balaban J connectivity index is 1.68. The number of hydrogen-bond donors (Lipinski definition) is 0. The fourth-order valence-electron chi connectivity index (χ4n) is 2.16. The van der Waals surface area contributed by atoms with Crippen molar-refractivity contribution < 1.29 is 9.53 Å². The van der Waals surface area contributed by atoms with Crippen LogP contribution in [0.25, 0.3) is 10.9 Å². The van der Waals surface area contributed by atoms with Gasteiger partial charge in [-0.05, 0) is 36.4 Å². The first-order valence-corrected chi connectivity index (χ1v) is 7.42. The van der Waals surface area contributed by atoms with Crippen molar-refractivity contribution in [3.8, 4) is 5.75 Å². The molecule has 0 N–H and O–H groups in total. The molecule has 0 unspecified atom stereocenters. The maximum absolute atomic E-state index is 12.3. The maximum Gasteiger partial charge on any atom is 0.312 e. The highest BCUT2D eigenvalue weighted by atomic mass is 35.5. The molecule has 116 valence electrons. The molecule has 23 heavy (non-hydrogen) atoms. The first-order valence-electron chi connectivity index (χ1n) is 7.04. The van der Waals surface area contributed by atoms with Crippen LogP contribution in [-0.2, 0) is 11.3 Å². The fourth-order valence-corrected chi connectivity index (χ4v) is 2.29. The summed E-state index contributed by atoms with van der Waals surface area (Å²) in [7, 11) is 0. The van der Waals surface area contributed by atoms with E-state index in [1.165, 1.54) is 10.9 Å². The number of aromatic nitrogens is 2. The largest absolute Gasteiger partial charge is 0.426 e. The molecule has 0 bridgehead atoms. The zero-order chi connectivity index (χ0) is 16.2. The number of nitrogens with zero attached hydrogens (tertiary/aromatic N) is 2. The Labute approximate surface area is 137 Å². The second-order valence-corrected chi connectivity index (χ2v) is 5.37. The van der Waals surface area contributed by atoms with E-state index in [-0.39, 0.29) is 18.5 Å². The molecule has 0 atom stereocenters. The lowest BCUT2D eigenvalue weighted by atomic mass is 10.2. The van der Waals surface area contributed by atoms with E-state index in [4.69, 9.17) is 16.3 Å². The number of para-hydroxylation sites is 1. The topological polar surface area (TPSA) is 61.2 Å². The van der Waals surface area contributed by atoms with E-state index >= 15 is 0 Å². The molecule has 0 saturated carbocycles. The minimum Gasteiger partial charge on any atom is -0.426 e. The number of benzene rings is 2. The Morgan fingerprint density at radius 3 is 2.65 bits per heavy atom. The van der Waals surface area contributed by atoms with Crippen LogP contribution in [0.15, 0.2) is 59.7 Å². The fraction of sp³-hybridized carbons (Fsp3) is 0.118. The molecule has 3 rings (SSSR count). The number of carbonyl (C=O) groups is 1. The van der Waals surface area contributed by atoms with Crippen LogP contribution in [0.1, 0.15) is 6.42 Å². The molecular formula is C17H13ClN2O3. The third kappa shape index (κ3) is 3.57. The van der Waals surface area contributed by atoms with Gasteiger partial charge in [-0.25, -0.2) is 4.98 Å². The van der Waals surface area contributed by atoms with Gasteiger partial charge in [0.2, 0.25) is 0 Å². The first-order chi connectivity index (χ1) is 11.1. The van der Waals surface area contributed by atoms with Crippen LogP contribution in [-0.4, -0.2) is 15.5 Å². The molecule has 1 heterocycles. The van der Waals surface area contributed by atoms with Crippen LogP contribution in [0.3, 0.4) is 0 Å². The molecule has 1 aromatic heterocycles. The number of fused-ring (bicyclic) bond motifs is 1. The van der Waals surface area contributed by atoms with Gasteiger partial charge in [-0.2, -0.15) is 0 Å². The summed E-state index contributed by atoms with van der Waals surface area (Å²) >= 11 is 5.77. The van der Waals surface area contributed by atoms with E-state index < -0.39 is 5.97 Å². The minimum absolute atomic E-state index is 0.0720. The van der Waals surface area contributed by atoms with Crippen molar-refractivity contribution in [2.24, 2.45) is 0 Å².